The number of nitrogens with zero attached hydrogens (tertiary/aromatic N) is 2. The van der Waals surface area contributed by atoms with Gasteiger partial charge in [0.1, 0.15) is 0 Å². The standard InChI is InChI=1S/C23H13F3N4S/c24-23(25,26)15-8-16(22-18(9-15)27-11-28-22)13-5-14-10-29-30-21(14)17(6-13)20-7-12-3-1-2-4-19(12)31-20/h1-11H,(H,27,28)(H,29,30). The minimum Gasteiger partial charge on any atom is -0.345 e. The lowest BCUT2D eigenvalue weighted by Crippen LogP contribution is -2.05. The maximum atomic E-state index is 13.5. The summed E-state index contributed by atoms with van der Waals surface area (Å²) in [5, 5.41) is 9.14. The van der Waals surface area contributed by atoms with Crippen LogP contribution in [-0.2, 0) is 6.18 Å². The van der Waals surface area contributed by atoms with Crippen molar-refractivity contribution in [2.45, 2.75) is 6.18 Å². The summed E-state index contributed by atoms with van der Waals surface area (Å²) in [6.45, 7) is 0. The number of thiophene rings is 1. The van der Waals surface area contributed by atoms with E-state index < -0.39 is 11.7 Å². The molecule has 31 heavy (non-hydrogen) atoms. The quantitative estimate of drug-likeness (QED) is 0.308. The number of imidazole rings is 1. The molecule has 0 radical (unpaired) electrons. The van der Waals surface area contributed by atoms with Crippen LogP contribution in [0.5, 0.6) is 0 Å². The van der Waals surface area contributed by atoms with Gasteiger partial charge in [-0.05, 0) is 47.3 Å². The fraction of sp³-hybridized carbons (Fsp3) is 0.0435. The maximum absolute atomic E-state index is 13.5. The molecule has 0 fully saturated rings. The van der Waals surface area contributed by atoms with E-state index in [-0.39, 0.29) is 0 Å². The molecule has 0 amide bonds. The summed E-state index contributed by atoms with van der Waals surface area (Å²) in [5.74, 6) is 0. The van der Waals surface area contributed by atoms with Crippen molar-refractivity contribution in [3.05, 3.63) is 72.7 Å². The summed E-state index contributed by atoms with van der Waals surface area (Å²) in [6.07, 6.45) is -1.36. The Kier molecular flexibility index (Phi) is 3.76. The van der Waals surface area contributed by atoms with Gasteiger partial charge in [-0.25, -0.2) is 4.98 Å². The molecule has 2 N–H and O–H groups in total. The molecule has 6 rings (SSSR count). The first-order chi connectivity index (χ1) is 15.0. The molecule has 4 nitrogen and oxygen atoms in total. The zero-order chi connectivity index (χ0) is 21.2. The summed E-state index contributed by atoms with van der Waals surface area (Å²) in [7, 11) is 0. The first-order valence-electron chi connectivity index (χ1n) is 9.48. The van der Waals surface area contributed by atoms with Crippen LogP contribution in [0, 0.1) is 0 Å². The number of fused-ring (bicyclic) bond motifs is 3. The molecule has 0 saturated carbocycles. The highest BCUT2D eigenvalue weighted by atomic mass is 32.1. The fourth-order valence-electron chi connectivity index (χ4n) is 3.96. The molecule has 152 valence electrons. The van der Waals surface area contributed by atoms with Crippen molar-refractivity contribution in [3.63, 3.8) is 0 Å². The molecule has 0 aliphatic carbocycles. The van der Waals surface area contributed by atoms with E-state index in [2.05, 4.69) is 32.3 Å². The molecule has 3 aromatic heterocycles. The number of alkyl halides is 3. The van der Waals surface area contributed by atoms with Crippen molar-refractivity contribution < 1.29 is 13.2 Å². The van der Waals surface area contributed by atoms with Crippen molar-refractivity contribution in [1.82, 2.24) is 20.2 Å². The Morgan fingerprint density at radius 1 is 0.903 bits per heavy atom. The highest BCUT2D eigenvalue weighted by Crippen LogP contribution is 2.41. The van der Waals surface area contributed by atoms with Gasteiger partial charge < -0.3 is 4.98 Å². The van der Waals surface area contributed by atoms with Gasteiger partial charge in [-0.1, -0.05) is 18.2 Å². The zero-order valence-corrected chi connectivity index (χ0v) is 16.6. The molecule has 3 aromatic carbocycles. The molecule has 0 unspecified atom stereocenters. The average molecular weight is 434 g/mol. The van der Waals surface area contributed by atoms with Crippen LogP contribution in [0.25, 0.3) is 53.6 Å². The molecule has 0 aliphatic rings. The number of benzene rings is 3. The highest BCUT2D eigenvalue weighted by molar-refractivity contribution is 7.22. The Balaban J connectivity index is 1.64. The van der Waals surface area contributed by atoms with Crippen LogP contribution in [0.1, 0.15) is 5.56 Å². The Morgan fingerprint density at radius 3 is 2.61 bits per heavy atom. The number of aromatic nitrogens is 4. The van der Waals surface area contributed by atoms with E-state index in [0.717, 1.165) is 37.5 Å². The molecule has 0 saturated heterocycles. The third kappa shape index (κ3) is 2.90. The Hall–Kier alpha value is -3.65. The largest absolute Gasteiger partial charge is 0.416 e. The van der Waals surface area contributed by atoms with Gasteiger partial charge >= 0.3 is 6.18 Å². The minimum absolute atomic E-state index is 0.348. The molecular formula is C23H13F3N4S. The lowest BCUT2D eigenvalue weighted by Gasteiger charge is -2.12. The van der Waals surface area contributed by atoms with Crippen LogP contribution in [0.2, 0.25) is 0 Å². The summed E-state index contributed by atoms with van der Waals surface area (Å²) in [4.78, 5) is 8.11. The molecule has 0 atom stereocenters. The van der Waals surface area contributed by atoms with Gasteiger partial charge in [0, 0.05) is 26.1 Å². The van der Waals surface area contributed by atoms with Crippen molar-refractivity contribution in [3.8, 4) is 21.6 Å². The van der Waals surface area contributed by atoms with Crippen LogP contribution in [0.3, 0.4) is 0 Å². The third-order valence-electron chi connectivity index (χ3n) is 5.40. The summed E-state index contributed by atoms with van der Waals surface area (Å²) < 4.78 is 41.8. The third-order valence-corrected chi connectivity index (χ3v) is 6.55. The molecule has 8 heteroatoms. The molecule has 0 bridgehead atoms. The topological polar surface area (TPSA) is 57.4 Å². The number of rotatable bonds is 2. The lowest BCUT2D eigenvalue weighted by atomic mass is 9.96. The van der Waals surface area contributed by atoms with E-state index in [1.54, 1.807) is 17.5 Å². The van der Waals surface area contributed by atoms with Crippen molar-refractivity contribution in [2.75, 3.05) is 0 Å². The van der Waals surface area contributed by atoms with Crippen LogP contribution in [0.15, 0.2) is 67.1 Å². The van der Waals surface area contributed by atoms with E-state index in [9.17, 15) is 13.2 Å². The maximum Gasteiger partial charge on any atom is 0.416 e. The predicted molar refractivity (Wildman–Crippen MR) is 117 cm³/mol. The Bertz CT molecular complexity index is 1560. The average Bonchev–Trinajstić information content (AvgIpc) is 3.49. The molecule has 0 aliphatic heterocycles. The number of halogens is 3. The van der Waals surface area contributed by atoms with Crippen LogP contribution < -0.4 is 0 Å². The number of aromatic amines is 2. The summed E-state index contributed by atoms with van der Waals surface area (Å²) >= 11 is 1.64. The first-order valence-corrected chi connectivity index (χ1v) is 10.3. The smallest absolute Gasteiger partial charge is 0.345 e. The minimum atomic E-state index is -4.46. The van der Waals surface area contributed by atoms with E-state index in [1.165, 1.54) is 12.4 Å². The van der Waals surface area contributed by atoms with E-state index >= 15 is 0 Å². The lowest BCUT2D eigenvalue weighted by molar-refractivity contribution is -0.137. The number of nitrogens with one attached hydrogen (secondary N) is 2. The van der Waals surface area contributed by atoms with E-state index in [4.69, 9.17) is 0 Å². The summed E-state index contributed by atoms with van der Waals surface area (Å²) in [5.41, 5.74) is 2.96. The second kappa shape index (κ2) is 6.42. The molecule has 3 heterocycles. The van der Waals surface area contributed by atoms with Crippen molar-refractivity contribution in [2.24, 2.45) is 0 Å². The highest BCUT2D eigenvalue weighted by Gasteiger charge is 2.32. The van der Waals surface area contributed by atoms with Gasteiger partial charge in [0.05, 0.1) is 34.6 Å². The number of hydrogen-bond acceptors (Lipinski definition) is 3. The predicted octanol–water partition coefficient (Wildman–Crippen LogP) is 7.01. The normalized spacial score (nSPS) is 12.4. The van der Waals surface area contributed by atoms with Crippen molar-refractivity contribution >= 4 is 43.4 Å². The zero-order valence-electron chi connectivity index (χ0n) is 15.8. The molecular weight excluding hydrogens is 421 g/mol. The Labute approximate surface area is 177 Å². The van der Waals surface area contributed by atoms with Crippen LogP contribution in [0.4, 0.5) is 13.2 Å². The SMILES string of the molecule is FC(F)(F)c1cc(-c2cc(-c3cc4ccccc4s3)c3[nH]ncc3c2)c2nc[nH]c2c1. The van der Waals surface area contributed by atoms with Crippen LogP contribution in [-0.4, -0.2) is 20.2 Å². The fourth-order valence-corrected chi connectivity index (χ4v) is 5.04. The van der Waals surface area contributed by atoms with Gasteiger partial charge in [-0.15, -0.1) is 11.3 Å². The second-order valence-electron chi connectivity index (χ2n) is 7.33. The van der Waals surface area contributed by atoms with Crippen molar-refractivity contribution in [1.29, 1.82) is 0 Å². The summed E-state index contributed by atoms with van der Waals surface area (Å²) in [6, 6.07) is 16.2. The van der Waals surface area contributed by atoms with Gasteiger partial charge in [-0.3, -0.25) is 5.10 Å². The van der Waals surface area contributed by atoms with Gasteiger partial charge in [0.25, 0.3) is 0 Å². The molecule has 0 spiro atoms. The number of hydrogen-bond donors (Lipinski definition) is 2. The monoisotopic (exact) mass is 434 g/mol. The van der Waals surface area contributed by atoms with Crippen LogP contribution >= 0.6 is 11.3 Å². The Morgan fingerprint density at radius 2 is 1.77 bits per heavy atom. The molecule has 6 aromatic rings. The van der Waals surface area contributed by atoms with Gasteiger partial charge in [0.2, 0.25) is 0 Å². The second-order valence-corrected chi connectivity index (χ2v) is 8.41. The van der Waals surface area contributed by atoms with E-state index in [1.807, 2.05) is 30.3 Å². The number of H-pyrrole nitrogens is 2. The van der Waals surface area contributed by atoms with Gasteiger partial charge in [-0.2, -0.15) is 18.3 Å². The first kappa shape index (κ1) is 18.1. The van der Waals surface area contributed by atoms with E-state index in [0.29, 0.717) is 22.2 Å². The van der Waals surface area contributed by atoms with Gasteiger partial charge in [0.15, 0.2) is 0 Å².